The van der Waals surface area contributed by atoms with Crippen molar-refractivity contribution in [2.45, 2.75) is 13.5 Å². The van der Waals surface area contributed by atoms with Gasteiger partial charge in [0.25, 0.3) is 0 Å². The molecule has 2 aromatic rings. The van der Waals surface area contributed by atoms with Crippen LogP contribution in [0.5, 0.6) is 0 Å². The highest BCUT2D eigenvalue weighted by Gasteiger charge is 2.22. The number of benzene rings is 1. The number of nitro benzene ring substituents is 1. The van der Waals surface area contributed by atoms with Crippen molar-refractivity contribution < 1.29 is 4.92 Å². The molecule has 2 rings (SSSR count). The number of nitrogen functional groups attached to an aromatic ring is 1. The van der Waals surface area contributed by atoms with Crippen molar-refractivity contribution >= 4 is 17.1 Å². The first kappa shape index (κ1) is 14.7. The second-order valence-electron chi connectivity index (χ2n) is 4.44. The molecule has 3 N–H and O–H groups in total. The summed E-state index contributed by atoms with van der Waals surface area (Å²) in [6.07, 6.45) is 3.41. The summed E-state index contributed by atoms with van der Waals surface area (Å²) in [5.74, 6) is 5.37. The molecular weight excluding hydrogens is 270 g/mol. The molecule has 1 heterocycles. The van der Waals surface area contributed by atoms with Crippen LogP contribution in [0.2, 0.25) is 0 Å². The van der Waals surface area contributed by atoms with Crippen LogP contribution in [0.3, 0.4) is 0 Å². The third kappa shape index (κ3) is 3.26. The van der Waals surface area contributed by atoms with E-state index in [1.54, 1.807) is 30.6 Å². The standard InChI is InChI=1S/C14H17N5O2/c1-2-18(10-11-6-8-16-9-7-11)13-5-3-4-12(17-15)14(13)19(20)21/h3-9,17H,2,10,15H2,1H3. The molecule has 0 bridgehead atoms. The molecule has 0 aliphatic carbocycles. The molecule has 0 amide bonds. The number of aromatic nitrogens is 1. The maximum atomic E-state index is 11.3. The van der Waals surface area contributed by atoms with Crippen LogP contribution >= 0.6 is 0 Å². The Hall–Kier alpha value is -2.67. The maximum Gasteiger partial charge on any atom is 0.316 e. The first-order chi connectivity index (χ1) is 10.2. The van der Waals surface area contributed by atoms with Gasteiger partial charge < -0.3 is 10.3 Å². The number of para-hydroxylation sites is 1. The molecule has 0 radical (unpaired) electrons. The van der Waals surface area contributed by atoms with E-state index in [2.05, 4.69) is 10.4 Å². The van der Waals surface area contributed by atoms with Crippen LogP contribution < -0.4 is 16.2 Å². The Morgan fingerprint density at radius 2 is 2.05 bits per heavy atom. The molecule has 0 unspecified atom stereocenters. The number of hydrogen-bond donors (Lipinski definition) is 2. The third-order valence-electron chi connectivity index (χ3n) is 3.20. The average Bonchev–Trinajstić information content (AvgIpc) is 2.52. The van der Waals surface area contributed by atoms with Crippen LogP contribution in [0.15, 0.2) is 42.7 Å². The van der Waals surface area contributed by atoms with E-state index in [1.807, 2.05) is 24.0 Å². The normalized spacial score (nSPS) is 10.2. The Balaban J connectivity index is 2.40. The van der Waals surface area contributed by atoms with Crippen molar-refractivity contribution in [3.8, 4) is 0 Å². The predicted octanol–water partition coefficient (Wildman–Crippen LogP) is 2.30. The van der Waals surface area contributed by atoms with Gasteiger partial charge in [-0.3, -0.25) is 20.9 Å². The lowest BCUT2D eigenvalue weighted by Gasteiger charge is -2.23. The Labute approximate surface area is 122 Å². The maximum absolute atomic E-state index is 11.3. The Kier molecular flexibility index (Phi) is 4.68. The van der Waals surface area contributed by atoms with Crippen molar-refractivity contribution in [3.63, 3.8) is 0 Å². The fourth-order valence-electron chi connectivity index (χ4n) is 2.17. The van der Waals surface area contributed by atoms with E-state index in [9.17, 15) is 10.1 Å². The van der Waals surface area contributed by atoms with E-state index in [0.29, 0.717) is 24.5 Å². The summed E-state index contributed by atoms with van der Waals surface area (Å²) >= 11 is 0. The summed E-state index contributed by atoms with van der Waals surface area (Å²) < 4.78 is 0. The van der Waals surface area contributed by atoms with Gasteiger partial charge in [-0.05, 0) is 36.8 Å². The number of nitrogens with two attached hydrogens (primary N) is 1. The van der Waals surface area contributed by atoms with Gasteiger partial charge in [0.05, 0.1) is 4.92 Å². The number of anilines is 2. The van der Waals surface area contributed by atoms with Crippen molar-refractivity contribution in [2.24, 2.45) is 5.84 Å². The van der Waals surface area contributed by atoms with Crippen LogP contribution in [-0.4, -0.2) is 16.5 Å². The highest BCUT2D eigenvalue weighted by atomic mass is 16.6. The minimum Gasteiger partial charge on any atom is -0.362 e. The fraction of sp³-hybridized carbons (Fsp3) is 0.214. The van der Waals surface area contributed by atoms with Crippen LogP contribution in [0.4, 0.5) is 17.1 Å². The summed E-state index contributed by atoms with van der Waals surface area (Å²) in [5.41, 5.74) is 4.23. The Bertz CT molecular complexity index is 618. The number of nitrogens with one attached hydrogen (secondary N) is 1. The van der Waals surface area contributed by atoms with Crippen molar-refractivity contribution in [2.75, 3.05) is 16.9 Å². The molecule has 0 saturated carbocycles. The number of nitro groups is 1. The molecule has 1 aromatic heterocycles. The van der Waals surface area contributed by atoms with Gasteiger partial charge in [-0.15, -0.1) is 0 Å². The Morgan fingerprint density at radius 3 is 2.62 bits per heavy atom. The second kappa shape index (κ2) is 6.67. The van der Waals surface area contributed by atoms with E-state index in [-0.39, 0.29) is 5.69 Å². The molecule has 0 aliphatic rings. The Morgan fingerprint density at radius 1 is 1.33 bits per heavy atom. The summed E-state index contributed by atoms with van der Waals surface area (Å²) in [5, 5.41) is 11.3. The summed E-state index contributed by atoms with van der Waals surface area (Å²) in [6, 6.07) is 8.83. The zero-order valence-electron chi connectivity index (χ0n) is 11.7. The van der Waals surface area contributed by atoms with Crippen LogP contribution in [0.1, 0.15) is 12.5 Å². The summed E-state index contributed by atoms with van der Waals surface area (Å²) in [4.78, 5) is 16.8. The van der Waals surface area contributed by atoms with Gasteiger partial charge >= 0.3 is 5.69 Å². The molecule has 0 aliphatic heterocycles. The highest BCUT2D eigenvalue weighted by molar-refractivity contribution is 5.76. The molecular formula is C14H17N5O2. The first-order valence-electron chi connectivity index (χ1n) is 6.55. The van der Waals surface area contributed by atoms with Crippen LogP contribution in [-0.2, 0) is 6.54 Å². The van der Waals surface area contributed by atoms with Gasteiger partial charge in [-0.2, -0.15) is 0 Å². The van der Waals surface area contributed by atoms with Gasteiger partial charge in [-0.25, -0.2) is 0 Å². The molecule has 0 atom stereocenters. The highest BCUT2D eigenvalue weighted by Crippen LogP contribution is 2.35. The average molecular weight is 287 g/mol. The largest absolute Gasteiger partial charge is 0.362 e. The molecule has 7 nitrogen and oxygen atoms in total. The quantitative estimate of drug-likeness (QED) is 0.480. The third-order valence-corrected chi connectivity index (χ3v) is 3.20. The zero-order chi connectivity index (χ0) is 15.2. The number of pyridine rings is 1. The van der Waals surface area contributed by atoms with Gasteiger partial charge in [0.2, 0.25) is 0 Å². The van der Waals surface area contributed by atoms with Gasteiger partial charge in [0.15, 0.2) is 0 Å². The van der Waals surface area contributed by atoms with E-state index in [0.717, 1.165) is 5.56 Å². The molecule has 0 fully saturated rings. The number of rotatable bonds is 6. The first-order valence-corrected chi connectivity index (χ1v) is 6.55. The molecule has 21 heavy (non-hydrogen) atoms. The lowest BCUT2D eigenvalue weighted by Crippen LogP contribution is -2.23. The van der Waals surface area contributed by atoms with E-state index in [4.69, 9.17) is 5.84 Å². The molecule has 110 valence electrons. The summed E-state index contributed by atoms with van der Waals surface area (Å²) in [7, 11) is 0. The van der Waals surface area contributed by atoms with Crippen molar-refractivity contribution in [1.82, 2.24) is 4.98 Å². The van der Waals surface area contributed by atoms with Gasteiger partial charge in [0.1, 0.15) is 11.4 Å². The fourth-order valence-corrected chi connectivity index (χ4v) is 2.17. The number of hydrazine groups is 1. The monoisotopic (exact) mass is 287 g/mol. The van der Waals surface area contributed by atoms with Crippen molar-refractivity contribution in [1.29, 1.82) is 0 Å². The topological polar surface area (TPSA) is 97.3 Å². The van der Waals surface area contributed by atoms with E-state index < -0.39 is 4.92 Å². The number of nitrogens with zero attached hydrogens (tertiary/aromatic N) is 3. The lowest BCUT2D eigenvalue weighted by molar-refractivity contribution is -0.383. The van der Waals surface area contributed by atoms with Gasteiger partial charge in [-0.1, -0.05) is 6.07 Å². The molecule has 1 aromatic carbocycles. The molecule has 0 spiro atoms. The predicted molar refractivity (Wildman–Crippen MR) is 81.9 cm³/mol. The smallest absolute Gasteiger partial charge is 0.316 e. The SMILES string of the molecule is CCN(Cc1ccncc1)c1cccc(NN)c1[N+](=O)[O-]. The minimum absolute atomic E-state index is 0.0177. The number of hydrogen-bond acceptors (Lipinski definition) is 6. The molecule has 0 saturated heterocycles. The van der Waals surface area contributed by atoms with E-state index >= 15 is 0 Å². The van der Waals surface area contributed by atoms with Crippen molar-refractivity contribution in [3.05, 3.63) is 58.4 Å². The van der Waals surface area contributed by atoms with E-state index in [1.165, 1.54) is 0 Å². The van der Waals surface area contributed by atoms with Crippen LogP contribution in [0.25, 0.3) is 0 Å². The lowest BCUT2D eigenvalue weighted by atomic mass is 10.2. The molecule has 7 heteroatoms. The minimum atomic E-state index is -0.417. The summed E-state index contributed by atoms with van der Waals surface area (Å²) in [6.45, 7) is 3.15. The second-order valence-corrected chi connectivity index (χ2v) is 4.44. The van der Waals surface area contributed by atoms with Gasteiger partial charge in [0, 0.05) is 25.5 Å². The van der Waals surface area contributed by atoms with Crippen LogP contribution in [0, 0.1) is 10.1 Å². The zero-order valence-corrected chi connectivity index (χ0v) is 11.7.